The van der Waals surface area contributed by atoms with Crippen molar-refractivity contribution in [2.24, 2.45) is 5.92 Å². The van der Waals surface area contributed by atoms with Gasteiger partial charge >= 0.3 is 0 Å². The first-order valence-corrected chi connectivity index (χ1v) is 9.05. The lowest BCUT2D eigenvalue weighted by atomic mass is 9.93. The second-order valence-corrected chi connectivity index (χ2v) is 8.88. The number of hydrogen-bond donors (Lipinski definition) is 0. The second-order valence-electron chi connectivity index (χ2n) is 5.69. The molecule has 1 aliphatic heterocycles. The van der Waals surface area contributed by atoms with Crippen LogP contribution >= 0.6 is 10.2 Å². The number of hydrogen-bond acceptors (Lipinski definition) is 1. The standard InChI is InChI=1S/C16H27NS/c1-4-12-18(17(2)3)13-11-16(14-18)15-9-7-5-6-8-10-15/h4,11,13-15H,1,5-10,12H2,2-3H3. The van der Waals surface area contributed by atoms with Crippen LogP contribution in [0.1, 0.15) is 38.5 Å². The van der Waals surface area contributed by atoms with Gasteiger partial charge in [-0.15, -0.1) is 16.8 Å². The van der Waals surface area contributed by atoms with Crippen LogP contribution in [0.5, 0.6) is 0 Å². The highest BCUT2D eigenvalue weighted by Crippen LogP contribution is 2.58. The third-order valence-electron chi connectivity index (χ3n) is 4.23. The van der Waals surface area contributed by atoms with Crippen LogP contribution in [0.15, 0.2) is 35.1 Å². The molecule has 2 heteroatoms. The lowest BCUT2D eigenvalue weighted by Crippen LogP contribution is -2.17. The van der Waals surface area contributed by atoms with Gasteiger partial charge in [-0.25, -0.2) is 0 Å². The van der Waals surface area contributed by atoms with Crippen molar-refractivity contribution in [1.29, 1.82) is 0 Å². The van der Waals surface area contributed by atoms with Crippen LogP contribution in [0.3, 0.4) is 0 Å². The van der Waals surface area contributed by atoms with E-state index >= 15 is 0 Å². The van der Waals surface area contributed by atoms with E-state index in [1.165, 1.54) is 38.5 Å². The molecule has 2 aliphatic rings. The minimum absolute atomic E-state index is 0.822. The molecule has 0 spiro atoms. The molecular weight excluding hydrogens is 238 g/mol. The molecule has 0 aromatic rings. The van der Waals surface area contributed by atoms with Crippen LogP contribution in [-0.2, 0) is 0 Å². The van der Waals surface area contributed by atoms with Crippen molar-refractivity contribution in [2.45, 2.75) is 38.5 Å². The van der Waals surface area contributed by atoms with Crippen molar-refractivity contribution >= 4 is 10.2 Å². The van der Waals surface area contributed by atoms with E-state index in [4.69, 9.17) is 0 Å². The fourth-order valence-corrected chi connectivity index (χ4v) is 5.58. The molecule has 1 heterocycles. The Kier molecular flexibility index (Phi) is 4.74. The average Bonchev–Trinajstić information content (AvgIpc) is 2.61. The topological polar surface area (TPSA) is 3.24 Å². The third-order valence-corrected chi connectivity index (χ3v) is 7.64. The van der Waals surface area contributed by atoms with Crippen molar-refractivity contribution in [3.63, 3.8) is 0 Å². The lowest BCUT2D eigenvalue weighted by molar-refractivity contribution is 0.541. The molecule has 1 aliphatic carbocycles. The highest BCUT2D eigenvalue weighted by atomic mass is 32.3. The van der Waals surface area contributed by atoms with Crippen LogP contribution in [-0.4, -0.2) is 24.2 Å². The fourth-order valence-electron chi connectivity index (χ4n) is 3.02. The molecule has 0 amide bonds. The second kappa shape index (κ2) is 6.12. The van der Waals surface area contributed by atoms with Gasteiger partial charge in [0.2, 0.25) is 0 Å². The average molecular weight is 265 g/mol. The molecule has 0 aromatic carbocycles. The van der Waals surface area contributed by atoms with Gasteiger partial charge in [0.05, 0.1) is 0 Å². The summed E-state index contributed by atoms with van der Waals surface area (Å²) in [6.45, 7) is 3.94. The minimum Gasteiger partial charge on any atom is -0.267 e. The predicted molar refractivity (Wildman–Crippen MR) is 84.8 cm³/mol. The van der Waals surface area contributed by atoms with Crippen LogP contribution < -0.4 is 0 Å². The molecule has 0 N–H and O–H groups in total. The molecule has 1 nitrogen and oxygen atoms in total. The molecule has 2 rings (SSSR count). The summed E-state index contributed by atoms with van der Waals surface area (Å²) in [6, 6.07) is 0. The molecule has 1 unspecified atom stereocenters. The Hall–Kier alpha value is -0.470. The Labute approximate surface area is 114 Å². The first-order chi connectivity index (χ1) is 8.68. The van der Waals surface area contributed by atoms with Gasteiger partial charge in [-0.3, -0.25) is 4.31 Å². The molecule has 1 saturated carbocycles. The maximum Gasteiger partial charge on any atom is 0.0141 e. The summed E-state index contributed by atoms with van der Waals surface area (Å²) in [7, 11) is 3.54. The van der Waals surface area contributed by atoms with Gasteiger partial charge in [0.1, 0.15) is 0 Å². The monoisotopic (exact) mass is 265 g/mol. The molecule has 0 saturated heterocycles. The molecule has 18 heavy (non-hydrogen) atoms. The summed E-state index contributed by atoms with van der Waals surface area (Å²) in [6.07, 6.45) is 13.0. The molecule has 0 radical (unpaired) electrons. The van der Waals surface area contributed by atoms with E-state index in [0.717, 1.165) is 11.7 Å². The molecule has 1 atom stereocenters. The van der Waals surface area contributed by atoms with E-state index in [1.807, 2.05) is 0 Å². The molecular formula is C16H27NS. The summed E-state index contributed by atoms with van der Waals surface area (Å²) < 4.78 is 2.40. The Balaban J connectivity index is 2.15. The van der Waals surface area contributed by atoms with Gasteiger partial charge in [0, 0.05) is 5.75 Å². The molecule has 0 aromatic heterocycles. The van der Waals surface area contributed by atoms with Crippen molar-refractivity contribution in [1.82, 2.24) is 4.31 Å². The quantitative estimate of drug-likeness (QED) is 0.519. The Morgan fingerprint density at radius 1 is 1.28 bits per heavy atom. The van der Waals surface area contributed by atoms with Gasteiger partial charge in [-0.05, 0) is 49.2 Å². The van der Waals surface area contributed by atoms with E-state index in [1.54, 1.807) is 5.57 Å². The Bertz CT molecular complexity index is 348. The number of allylic oxidation sites excluding steroid dienone is 2. The molecule has 0 bridgehead atoms. The van der Waals surface area contributed by atoms with Gasteiger partial charge < -0.3 is 0 Å². The van der Waals surface area contributed by atoms with Crippen molar-refractivity contribution in [3.05, 3.63) is 35.1 Å². The third kappa shape index (κ3) is 2.92. The van der Waals surface area contributed by atoms with Crippen LogP contribution in [0.4, 0.5) is 0 Å². The summed E-state index contributed by atoms with van der Waals surface area (Å²) in [5.41, 5.74) is 1.61. The largest absolute Gasteiger partial charge is 0.267 e. The number of nitrogens with zero attached hydrogens (tertiary/aromatic N) is 1. The van der Waals surface area contributed by atoms with Crippen molar-refractivity contribution in [3.8, 4) is 0 Å². The van der Waals surface area contributed by atoms with Gasteiger partial charge in [0.25, 0.3) is 0 Å². The van der Waals surface area contributed by atoms with Gasteiger partial charge in [-0.1, -0.05) is 37.8 Å². The number of rotatable bonds is 4. The Morgan fingerprint density at radius 2 is 1.94 bits per heavy atom. The summed E-state index contributed by atoms with van der Waals surface area (Å²) in [5.74, 6) is 1.91. The van der Waals surface area contributed by atoms with Gasteiger partial charge in [-0.2, -0.15) is 0 Å². The summed E-state index contributed by atoms with van der Waals surface area (Å²) in [5, 5.41) is 5.03. The van der Waals surface area contributed by atoms with E-state index < -0.39 is 10.2 Å². The van der Waals surface area contributed by atoms with Crippen LogP contribution in [0.25, 0.3) is 0 Å². The fraction of sp³-hybridized carbons (Fsp3) is 0.625. The summed E-state index contributed by atoms with van der Waals surface area (Å²) >= 11 is 0. The first-order valence-electron chi connectivity index (χ1n) is 7.17. The van der Waals surface area contributed by atoms with E-state index in [0.29, 0.717) is 0 Å². The normalized spacial score (nSPS) is 32.9. The molecule has 1 fully saturated rings. The Morgan fingerprint density at radius 3 is 2.50 bits per heavy atom. The minimum atomic E-state index is -0.866. The van der Waals surface area contributed by atoms with Crippen LogP contribution in [0, 0.1) is 5.92 Å². The van der Waals surface area contributed by atoms with Crippen LogP contribution in [0.2, 0.25) is 0 Å². The molecule has 102 valence electrons. The van der Waals surface area contributed by atoms with E-state index in [2.05, 4.69) is 47.9 Å². The smallest absolute Gasteiger partial charge is 0.0141 e. The van der Waals surface area contributed by atoms with Crippen molar-refractivity contribution in [2.75, 3.05) is 19.8 Å². The highest BCUT2D eigenvalue weighted by molar-refractivity contribution is 8.36. The van der Waals surface area contributed by atoms with E-state index in [9.17, 15) is 0 Å². The summed E-state index contributed by atoms with van der Waals surface area (Å²) in [4.78, 5) is 0. The highest BCUT2D eigenvalue weighted by Gasteiger charge is 2.27. The van der Waals surface area contributed by atoms with Crippen molar-refractivity contribution < 1.29 is 0 Å². The lowest BCUT2D eigenvalue weighted by Gasteiger charge is -2.38. The van der Waals surface area contributed by atoms with E-state index in [-0.39, 0.29) is 0 Å². The maximum atomic E-state index is 3.94. The maximum absolute atomic E-state index is 3.94. The predicted octanol–water partition coefficient (Wildman–Crippen LogP) is 4.84. The zero-order valence-electron chi connectivity index (χ0n) is 11.9. The SMILES string of the molecule is C=CCS1(N(C)C)C=CC(C2CCCCCC2)=C1. The zero-order valence-corrected chi connectivity index (χ0v) is 12.7. The zero-order chi connectivity index (χ0) is 13.0. The van der Waals surface area contributed by atoms with Gasteiger partial charge in [0.15, 0.2) is 0 Å². The first kappa shape index (κ1) is 14.0.